The Labute approximate surface area is 158 Å². The van der Waals surface area contributed by atoms with Gasteiger partial charge in [-0.25, -0.2) is 0 Å². The molecular formula is C22H22ClN3. The molecule has 2 aromatic carbocycles. The van der Waals surface area contributed by atoms with Crippen molar-refractivity contribution in [2.24, 2.45) is 5.73 Å². The largest absolute Gasteiger partial charge is 0.354 e. The summed E-state index contributed by atoms with van der Waals surface area (Å²) in [5, 5.41) is 3.12. The molecule has 0 fully saturated rings. The minimum Gasteiger partial charge on any atom is -0.354 e. The van der Waals surface area contributed by atoms with E-state index < -0.39 is 0 Å². The van der Waals surface area contributed by atoms with Gasteiger partial charge >= 0.3 is 0 Å². The molecule has 0 aliphatic carbocycles. The van der Waals surface area contributed by atoms with Gasteiger partial charge in [0.1, 0.15) is 0 Å². The van der Waals surface area contributed by atoms with Gasteiger partial charge in [0, 0.05) is 33.1 Å². The maximum absolute atomic E-state index is 6.36. The second-order valence-electron chi connectivity index (χ2n) is 6.75. The van der Waals surface area contributed by atoms with Crippen LogP contribution in [0.15, 0.2) is 48.7 Å². The monoisotopic (exact) mass is 363 g/mol. The molecule has 132 valence electrons. The normalized spacial score (nSPS) is 11.5. The van der Waals surface area contributed by atoms with E-state index in [-0.39, 0.29) is 0 Å². The van der Waals surface area contributed by atoms with Gasteiger partial charge in [0.15, 0.2) is 0 Å². The van der Waals surface area contributed by atoms with Gasteiger partial charge in [-0.15, -0.1) is 0 Å². The quantitative estimate of drug-likeness (QED) is 0.452. The van der Waals surface area contributed by atoms with Crippen molar-refractivity contribution >= 4 is 33.4 Å². The van der Waals surface area contributed by atoms with Crippen LogP contribution < -0.4 is 5.73 Å². The van der Waals surface area contributed by atoms with Gasteiger partial charge in [-0.1, -0.05) is 35.9 Å². The predicted octanol–water partition coefficient (Wildman–Crippen LogP) is 5.63. The van der Waals surface area contributed by atoms with E-state index in [1.165, 1.54) is 10.9 Å². The van der Waals surface area contributed by atoms with Crippen LogP contribution in [-0.4, -0.2) is 16.5 Å². The molecule has 0 radical (unpaired) electrons. The van der Waals surface area contributed by atoms with Gasteiger partial charge in [0.05, 0.1) is 11.2 Å². The minimum absolute atomic E-state index is 0.716. The Balaban J connectivity index is 1.98. The molecule has 26 heavy (non-hydrogen) atoms. The predicted molar refractivity (Wildman–Crippen MR) is 111 cm³/mol. The Kier molecular flexibility index (Phi) is 4.66. The van der Waals surface area contributed by atoms with Gasteiger partial charge in [0.2, 0.25) is 0 Å². The number of H-pyrrole nitrogens is 1. The summed E-state index contributed by atoms with van der Waals surface area (Å²) in [4.78, 5) is 8.30. The molecule has 0 atom stereocenters. The average Bonchev–Trinajstić information content (AvgIpc) is 3.00. The molecular weight excluding hydrogens is 342 g/mol. The second-order valence-corrected chi connectivity index (χ2v) is 7.19. The van der Waals surface area contributed by atoms with E-state index in [1.54, 1.807) is 0 Å². The molecule has 0 aliphatic heterocycles. The highest BCUT2D eigenvalue weighted by Crippen LogP contribution is 2.37. The third kappa shape index (κ3) is 2.98. The molecule has 4 aromatic rings. The topological polar surface area (TPSA) is 54.7 Å². The molecule has 4 heteroatoms. The van der Waals surface area contributed by atoms with E-state index in [4.69, 9.17) is 17.3 Å². The number of halogens is 1. The fourth-order valence-corrected chi connectivity index (χ4v) is 4.00. The summed E-state index contributed by atoms with van der Waals surface area (Å²) >= 11 is 6.36. The number of pyridine rings is 1. The number of nitrogens with two attached hydrogens (primary N) is 1. The number of aryl methyl sites for hydroxylation is 2. The lowest BCUT2D eigenvalue weighted by Gasteiger charge is -2.08. The van der Waals surface area contributed by atoms with Crippen molar-refractivity contribution in [2.75, 3.05) is 6.54 Å². The first kappa shape index (κ1) is 17.1. The summed E-state index contributed by atoms with van der Waals surface area (Å²) in [5.74, 6) is 0. The van der Waals surface area contributed by atoms with Crippen LogP contribution in [0.1, 0.15) is 24.0 Å². The van der Waals surface area contributed by atoms with E-state index in [9.17, 15) is 0 Å². The maximum atomic E-state index is 6.36. The Bertz CT molecular complexity index is 1080. The first-order valence-corrected chi connectivity index (χ1v) is 9.41. The summed E-state index contributed by atoms with van der Waals surface area (Å²) in [6.07, 6.45) is 4.89. The van der Waals surface area contributed by atoms with Gasteiger partial charge in [-0.05, 0) is 62.1 Å². The first-order valence-electron chi connectivity index (χ1n) is 9.04. The van der Waals surface area contributed by atoms with Crippen molar-refractivity contribution in [3.05, 3.63) is 64.8 Å². The number of fused-ring (bicyclic) bond motifs is 2. The fraction of sp³-hybridized carbons (Fsp3) is 0.227. The lowest BCUT2D eigenvalue weighted by molar-refractivity contribution is 0.748. The van der Waals surface area contributed by atoms with Crippen LogP contribution in [0.5, 0.6) is 0 Å². The number of aromatic nitrogens is 2. The molecule has 3 nitrogen and oxygen atoms in total. The standard InChI is InChI=1S/C22H22ClN3/c1-14-12-16(23)13-19-17(8-2-3-10-24)22(26-20(14)19)18-9-4-6-15-7-5-11-25-21(15)18/h4-7,9,11-13,26H,2-3,8,10,24H2,1H3. The molecule has 0 unspecified atom stereocenters. The Hall–Kier alpha value is -2.36. The number of para-hydroxylation sites is 1. The molecule has 0 bridgehead atoms. The molecule has 2 heterocycles. The summed E-state index contributed by atoms with van der Waals surface area (Å²) < 4.78 is 0. The highest BCUT2D eigenvalue weighted by Gasteiger charge is 2.17. The Morgan fingerprint density at radius 2 is 1.96 bits per heavy atom. The maximum Gasteiger partial charge on any atom is 0.0795 e. The van der Waals surface area contributed by atoms with Gasteiger partial charge < -0.3 is 10.7 Å². The van der Waals surface area contributed by atoms with E-state index >= 15 is 0 Å². The Morgan fingerprint density at radius 1 is 1.12 bits per heavy atom. The van der Waals surface area contributed by atoms with E-state index in [1.807, 2.05) is 18.3 Å². The van der Waals surface area contributed by atoms with Crippen LogP contribution in [0.3, 0.4) is 0 Å². The van der Waals surface area contributed by atoms with Crippen LogP contribution in [-0.2, 0) is 6.42 Å². The van der Waals surface area contributed by atoms with Crippen LogP contribution in [0.2, 0.25) is 5.02 Å². The molecule has 2 aromatic heterocycles. The third-order valence-corrected chi connectivity index (χ3v) is 5.18. The lowest BCUT2D eigenvalue weighted by atomic mass is 9.98. The van der Waals surface area contributed by atoms with Crippen LogP contribution in [0.25, 0.3) is 33.1 Å². The lowest BCUT2D eigenvalue weighted by Crippen LogP contribution is -1.99. The average molecular weight is 364 g/mol. The molecule has 4 rings (SSSR count). The Morgan fingerprint density at radius 3 is 2.81 bits per heavy atom. The zero-order valence-electron chi connectivity index (χ0n) is 14.8. The molecule has 0 saturated carbocycles. The zero-order chi connectivity index (χ0) is 18.1. The SMILES string of the molecule is Cc1cc(Cl)cc2c(CCCCN)c(-c3cccc4cccnc34)[nH]c12. The number of aromatic amines is 1. The molecule has 0 amide bonds. The van der Waals surface area contributed by atoms with Crippen molar-refractivity contribution in [2.45, 2.75) is 26.2 Å². The van der Waals surface area contributed by atoms with Crippen LogP contribution in [0, 0.1) is 6.92 Å². The molecule has 0 aliphatic rings. The number of unbranched alkanes of at least 4 members (excludes halogenated alkanes) is 1. The van der Waals surface area contributed by atoms with Crippen LogP contribution >= 0.6 is 11.6 Å². The molecule has 3 N–H and O–H groups in total. The van der Waals surface area contributed by atoms with Gasteiger partial charge in [-0.3, -0.25) is 4.98 Å². The fourth-order valence-electron chi connectivity index (χ4n) is 3.72. The number of nitrogens with zero attached hydrogens (tertiary/aromatic N) is 1. The summed E-state index contributed by atoms with van der Waals surface area (Å²) in [7, 11) is 0. The highest BCUT2D eigenvalue weighted by atomic mass is 35.5. The third-order valence-electron chi connectivity index (χ3n) is 4.96. The van der Waals surface area contributed by atoms with Crippen molar-refractivity contribution in [1.29, 1.82) is 0 Å². The second kappa shape index (κ2) is 7.10. The van der Waals surface area contributed by atoms with E-state index in [0.717, 1.165) is 57.5 Å². The van der Waals surface area contributed by atoms with E-state index in [0.29, 0.717) is 6.54 Å². The zero-order valence-corrected chi connectivity index (χ0v) is 15.6. The van der Waals surface area contributed by atoms with Crippen molar-refractivity contribution in [3.8, 4) is 11.3 Å². The van der Waals surface area contributed by atoms with E-state index in [2.05, 4.69) is 47.2 Å². The molecule has 0 spiro atoms. The summed E-state index contributed by atoms with van der Waals surface area (Å²) in [6, 6.07) is 14.5. The number of benzene rings is 2. The van der Waals surface area contributed by atoms with Gasteiger partial charge in [-0.2, -0.15) is 0 Å². The first-order chi connectivity index (χ1) is 12.7. The van der Waals surface area contributed by atoms with Crippen LogP contribution in [0.4, 0.5) is 0 Å². The van der Waals surface area contributed by atoms with Crippen molar-refractivity contribution in [1.82, 2.24) is 9.97 Å². The molecule has 0 saturated heterocycles. The minimum atomic E-state index is 0.716. The number of hydrogen-bond acceptors (Lipinski definition) is 2. The highest BCUT2D eigenvalue weighted by molar-refractivity contribution is 6.31. The summed E-state index contributed by atoms with van der Waals surface area (Å²) in [6.45, 7) is 2.81. The van der Waals surface area contributed by atoms with Crippen molar-refractivity contribution < 1.29 is 0 Å². The van der Waals surface area contributed by atoms with Crippen molar-refractivity contribution in [3.63, 3.8) is 0 Å². The van der Waals surface area contributed by atoms with Gasteiger partial charge in [0.25, 0.3) is 0 Å². The number of rotatable bonds is 5. The smallest absolute Gasteiger partial charge is 0.0795 e. The number of hydrogen-bond donors (Lipinski definition) is 2. The number of nitrogens with one attached hydrogen (secondary N) is 1. The summed E-state index contributed by atoms with van der Waals surface area (Å²) in [5.41, 5.74) is 12.6.